The van der Waals surface area contributed by atoms with Gasteiger partial charge < -0.3 is 14.8 Å². The van der Waals surface area contributed by atoms with E-state index in [1.807, 2.05) is 18.7 Å². The van der Waals surface area contributed by atoms with Crippen LogP contribution in [0.2, 0.25) is 0 Å². The summed E-state index contributed by atoms with van der Waals surface area (Å²) < 4.78 is 2.15. The molecule has 96 valence electrons. The summed E-state index contributed by atoms with van der Waals surface area (Å²) in [6.45, 7) is 9.19. The molecule has 1 atom stereocenters. The van der Waals surface area contributed by atoms with Crippen molar-refractivity contribution in [1.29, 1.82) is 0 Å². The van der Waals surface area contributed by atoms with Crippen molar-refractivity contribution in [2.75, 3.05) is 19.6 Å². The lowest BCUT2D eigenvalue weighted by Crippen LogP contribution is -2.37. The predicted molar refractivity (Wildman–Crippen MR) is 70.0 cm³/mol. The summed E-state index contributed by atoms with van der Waals surface area (Å²) in [6, 6.07) is 1.30. The van der Waals surface area contributed by atoms with Gasteiger partial charge in [0.1, 0.15) is 0 Å². The Bertz CT molecular complexity index is 307. The van der Waals surface area contributed by atoms with Gasteiger partial charge in [-0.25, -0.2) is 4.98 Å². The van der Waals surface area contributed by atoms with E-state index < -0.39 is 0 Å². The van der Waals surface area contributed by atoms with Gasteiger partial charge in [0.05, 0.1) is 6.33 Å². The normalized spacial score (nSPS) is 21.5. The van der Waals surface area contributed by atoms with Gasteiger partial charge in [0.25, 0.3) is 0 Å². The monoisotopic (exact) mass is 236 g/mol. The Kier molecular flexibility index (Phi) is 4.57. The standard InChI is InChI=1S/C13H24N4/c1-12(2)15-13-4-8-16(10-13)6-3-7-17-9-5-14-11-17/h5,9,11-13,15H,3-4,6-8,10H2,1-2H3. The number of rotatable bonds is 6. The summed E-state index contributed by atoms with van der Waals surface area (Å²) in [4.78, 5) is 6.62. The van der Waals surface area contributed by atoms with Crippen LogP contribution in [0.3, 0.4) is 0 Å². The predicted octanol–water partition coefficient (Wildman–Crippen LogP) is 1.35. The van der Waals surface area contributed by atoms with Crippen LogP contribution < -0.4 is 5.32 Å². The smallest absolute Gasteiger partial charge is 0.0945 e. The molecule has 1 aromatic heterocycles. The number of aryl methyl sites for hydroxylation is 1. The number of nitrogens with one attached hydrogen (secondary N) is 1. The van der Waals surface area contributed by atoms with Gasteiger partial charge in [-0.1, -0.05) is 13.8 Å². The highest BCUT2D eigenvalue weighted by molar-refractivity contribution is 4.82. The van der Waals surface area contributed by atoms with Crippen molar-refractivity contribution >= 4 is 0 Å². The zero-order valence-corrected chi connectivity index (χ0v) is 11.0. The number of likely N-dealkylation sites (tertiary alicyclic amines) is 1. The van der Waals surface area contributed by atoms with E-state index in [9.17, 15) is 0 Å². The van der Waals surface area contributed by atoms with Crippen molar-refractivity contribution in [3.05, 3.63) is 18.7 Å². The molecule has 4 nitrogen and oxygen atoms in total. The largest absolute Gasteiger partial charge is 0.337 e. The van der Waals surface area contributed by atoms with E-state index >= 15 is 0 Å². The molecule has 2 heterocycles. The highest BCUT2D eigenvalue weighted by Gasteiger charge is 2.21. The molecule has 17 heavy (non-hydrogen) atoms. The average Bonchev–Trinajstić information content (AvgIpc) is 2.89. The van der Waals surface area contributed by atoms with E-state index in [-0.39, 0.29) is 0 Å². The summed E-state index contributed by atoms with van der Waals surface area (Å²) >= 11 is 0. The van der Waals surface area contributed by atoms with E-state index in [0.29, 0.717) is 12.1 Å². The van der Waals surface area contributed by atoms with Crippen LogP contribution in [0.15, 0.2) is 18.7 Å². The molecule has 1 unspecified atom stereocenters. The van der Waals surface area contributed by atoms with E-state index in [4.69, 9.17) is 0 Å². The van der Waals surface area contributed by atoms with Gasteiger partial charge in [-0.15, -0.1) is 0 Å². The number of nitrogens with zero attached hydrogens (tertiary/aromatic N) is 3. The molecule has 2 rings (SSSR count). The third-order valence-corrected chi connectivity index (χ3v) is 3.29. The Morgan fingerprint density at radius 1 is 1.41 bits per heavy atom. The number of aromatic nitrogens is 2. The molecule has 1 saturated heterocycles. The van der Waals surface area contributed by atoms with Crippen LogP contribution in [-0.2, 0) is 6.54 Å². The van der Waals surface area contributed by atoms with Crippen molar-refractivity contribution in [3.8, 4) is 0 Å². The molecule has 0 bridgehead atoms. The molecule has 0 saturated carbocycles. The number of hydrogen-bond donors (Lipinski definition) is 1. The second-order valence-electron chi connectivity index (χ2n) is 5.26. The highest BCUT2D eigenvalue weighted by Crippen LogP contribution is 2.10. The van der Waals surface area contributed by atoms with Crippen LogP contribution >= 0.6 is 0 Å². The molecule has 1 aliphatic heterocycles. The molecule has 1 aromatic rings. The lowest BCUT2D eigenvalue weighted by Gasteiger charge is -2.18. The Morgan fingerprint density at radius 3 is 3.00 bits per heavy atom. The van der Waals surface area contributed by atoms with Gasteiger partial charge in [0, 0.05) is 37.6 Å². The van der Waals surface area contributed by atoms with Crippen molar-refractivity contribution in [2.45, 2.75) is 45.3 Å². The Morgan fingerprint density at radius 2 is 2.29 bits per heavy atom. The van der Waals surface area contributed by atoms with Crippen LogP contribution in [0, 0.1) is 0 Å². The van der Waals surface area contributed by atoms with Crippen LogP contribution in [-0.4, -0.2) is 46.2 Å². The summed E-state index contributed by atoms with van der Waals surface area (Å²) in [6.07, 6.45) is 8.28. The molecule has 0 amide bonds. The van der Waals surface area contributed by atoms with Crippen molar-refractivity contribution < 1.29 is 0 Å². The van der Waals surface area contributed by atoms with Crippen molar-refractivity contribution in [2.24, 2.45) is 0 Å². The Hall–Kier alpha value is -0.870. The lowest BCUT2D eigenvalue weighted by atomic mass is 10.2. The molecule has 1 fully saturated rings. The molecule has 0 radical (unpaired) electrons. The first-order valence-corrected chi connectivity index (χ1v) is 6.68. The first kappa shape index (κ1) is 12.6. The van der Waals surface area contributed by atoms with E-state index in [0.717, 1.165) is 6.54 Å². The highest BCUT2D eigenvalue weighted by atomic mass is 15.2. The van der Waals surface area contributed by atoms with E-state index in [1.54, 1.807) is 0 Å². The second kappa shape index (κ2) is 6.17. The zero-order chi connectivity index (χ0) is 12.1. The minimum absolute atomic E-state index is 0.603. The summed E-state index contributed by atoms with van der Waals surface area (Å²) in [5, 5.41) is 3.62. The third kappa shape index (κ3) is 4.13. The maximum absolute atomic E-state index is 4.06. The van der Waals surface area contributed by atoms with Gasteiger partial charge in [0.2, 0.25) is 0 Å². The molecular weight excluding hydrogens is 212 g/mol. The summed E-state index contributed by atoms with van der Waals surface area (Å²) in [5.41, 5.74) is 0. The molecule has 0 aromatic carbocycles. The van der Waals surface area contributed by atoms with Gasteiger partial charge >= 0.3 is 0 Å². The summed E-state index contributed by atoms with van der Waals surface area (Å²) in [5.74, 6) is 0. The van der Waals surface area contributed by atoms with E-state index in [2.05, 4.69) is 33.6 Å². The molecule has 4 heteroatoms. The maximum Gasteiger partial charge on any atom is 0.0945 e. The number of imidazole rings is 1. The molecular formula is C13H24N4. The average molecular weight is 236 g/mol. The first-order chi connectivity index (χ1) is 8.24. The van der Waals surface area contributed by atoms with Gasteiger partial charge in [-0.3, -0.25) is 0 Å². The molecule has 1 aliphatic rings. The minimum atomic E-state index is 0.603. The van der Waals surface area contributed by atoms with Crippen LogP contribution in [0.25, 0.3) is 0 Å². The minimum Gasteiger partial charge on any atom is -0.337 e. The third-order valence-electron chi connectivity index (χ3n) is 3.29. The summed E-state index contributed by atoms with van der Waals surface area (Å²) in [7, 11) is 0. The molecule has 1 N–H and O–H groups in total. The first-order valence-electron chi connectivity index (χ1n) is 6.68. The van der Waals surface area contributed by atoms with Gasteiger partial charge in [-0.05, 0) is 25.9 Å². The lowest BCUT2D eigenvalue weighted by molar-refractivity contribution is 0.312. The fourth-order valence-corrected chi connectivity index (χ4v) is 2.54. The van der Waals surface area contributed by atoms with Crippen LogP contribution in [0.1, 0.15) is 26.7 Å². The van der Waals surface area contributed by atoms with Crippen LogP contribution in [0.5, 0.6) is 0 Å². The Labute approximate surface area is 104 Å². The van der Waals surface area contributed by atoms with Gasteiger partial charge in [0.15, 0.2) is 0 Å². The SMILES string of the molecule is CC(C)NC1CCN(CCCn2ccnc2)C1. The second-order valence-corrected chi connectivity index (χ2v) is 5.26. The fraction of sp³-hybridized carbons (Fsp3) is 0.769. The van der Waals surface area contributed by atoms with E-state index in [1.165, 1.54) is 32.5 Å². The topological polar surface area (TPSA) is 33.1 Å². The van der Waals surface area contributed by atoms with Crippen molar-refractivity contribution in [3.63, 3.8) is 0 Å². The van der Waals surface area contributed by atoms with Crippen molar-refractivity contribution in [1.82, 2.24) is 19.8 Å². The maximum atomic E-state index is 4.06. The fourth-order valence-electron chi connectivity index (χ4n) is 2.54. The quantitative estimate of drug-likeness (QED) is 0.809. The number of hydrogen-bond acceptors (Lipinski definition) is 3. The zero-order valence-electron chi connectivity index (χ0n) is 11.0. The molecule has 0 spiro atoms. The molecule has 0 aliphatic carbocycles. The van der Waals surface area contributed by atoms with Crippen LogP contribution in [0.4, 0.5) is 0 Å². The Balaban J connectivity index is 1.61. The van der Waals surface area contributed by atoms with Gasteiger partial charge in [-0.2, -0.15) is 0 Å².